The molecule has 3 nitrogen and oxygen atoms in total. The highest BCUT2D eigenvalue weighted by Gasteiger charge is 2.21. The summed E-state index contributed by atoms with van der Waals surface area (Å²) < 4.78 is 0. The van der Waals surface area contributed by atoms with Gasteiger partial charge in [-0.2, -0.15) is 0 Å². The van der Waals surface area contributed by atoms with Gasteiger partial charge in [-0.25, -0.2) is 0 Å². The smallest absolute Gasteiger partial charge is 0.251 e. The van der Waals surface area contributed by atoms with Crippen LogP contribution in [0.1, 0.15) is 43.6 Å². The molecule has 0 spiro atoms. The van der Waals surface area contributed by atoms with E-state index in [1.54, 1.807) is 0 Å². The molecule has 0 saturated carbocycles. The zero-order valence-electron chi connectivity index (χ0n) is 12.0. The molecule has 3 heteroatoms. The number of amides is 1. The summed E-state index contributed by atoms with van der Waals surface area (Å²) >= 11 is 0. The average molecular weight is 248 g/mol. The molecule has 0 saturated heterocycles. The van der Waals surface area contributed by atoms with E-state index in [0.717, 1.165) is 5.56 Å². The number of nitrogens with one attached hydrogen (secondary N) is 1. The number of rotatable bonds is 3. The molecule has 0 radical (unpaired) electrons. The van der Waals surface area contributed by atoms with Crippen LogP contribution in [0.3, 0.4) is 0 Å². The van der Waals surface area contributed by atoms with Crippen LogP contribution in [0, 0.1) is 18.3 Å². The van der Waals surface area contributed by atoms with Crippen LogP contribution < -0.4 is 11.1 Å². The molecule has 1 aromatic rings. The normalized spacial score (nSPS) is 13.2. The molecule has 18 heavy (non-hydrogen) atoms. The number of hydrogen-bond acceptors (Lipinski definition) is 2. The molecule has 0 aliphatic heterocycles. The van der Waals surface area contributed by atoms with Crippen LogP contribution in [-0.4, -0.2) is 12.5 Å². The van der Waals surface area contributed by atoms with Crippen molar-refractivity contribution in [2.45, 2.75) is 34.6 Å². The summed E-state index contributed by atoms with van der Waals surface area (Å²) in [4.78, 5) is 12.1. The van der Waals surface area contributed by atoms with Gasteiger partial charge in [0.1, 0.15) is 0 Å². The fourth-order valence-electron chi connectivity index (χ4n) is 1.55. The van der Waals surface area contributed by atoms with Crippen molar-refractivity contribution in [3.63, 3.8) is 0 Å². The maximum atomic E-state index is 12.1. The first kappa shape index (κ1) is 14.6. The Morgan fingerprint density at radius 3 is 2.56 bits per heavy atom. The lowest BCUT2D eigenvalue weighted by atomic mass is 9.82. The molecular weight excluding hydrogens is 224 g/mol. The van der Waals surface area contributed by atoms with Crippen molar-refractivity contribution in [3.05, 3.63) is 29.3 Å². The van der Waals surface area contributed by atoms with Gasteiger partial charge in [-0.1, -0.05) is 33.8 Å². The maximum Gasteiger partial charge on any atom is 0.251 e. The Balaban J connectivity index is 2.70. The first-order valence-corrected chi connectivity index (χ1v) is 6.36. The van der Waals surface area contributed by atoms with Crippen molar-refractivity contribution in [1.29, 1.82) is 0 Å². The minimum absolute atomic E-state index is 0.0455. The number of benzene rings is 1. The number of nitrogen functional groups attached to an aromatic ring is 1. The first-order chi connectivity index (χ1) is 8.23. The number of anilines is 1. The lowest BCUT2D eigenvalue weighted by Gasteiger charge is -2.27. The molecule has 1 amide bonds. The third kappa shape index (κ3) is 3.49. The van der Waals surface area contributed by atoms with Crippen LogP contribution in [0.4, 0.5) is 5.69 Å². The van der Waals surface area contributed by atoms with E-state index in [1.807, 2.05) is 25.1 Å². The van der Waals surface area contributed by atoms with Crippen molar-refractivity contribution in [2.24, 2.45) is 11.3 Å². The Kier molecular flexibility index (Phi) is 4.38. The van der Waals surface area contributed by atoms with Gasteiger partial charge in [0.25, 0.3) is 5.91 Å². The highest BCUT2D eigenvalue weighted by atomic mass is 16.1. The van der Waals surface area contributed by atoms with Gasteiger partial charge in [-0.15, -0.1) is 0 Å². The zero-order valence-corrected chi connectivity index (χ0v) is 12.0. The summed E-state index contributed by atoms with van der Waals surface area (Å²) in [7, 11) is 0. The lowest BCUT2D eigenvalue weighted by molar-refractivity contribution is 0.0936. The highest BCUT2D eigenvalue weighted by Crippen LogP contribution is 2.24. The van der Waals surface area contributed by atoms with E-state index in [0.29, 0.717) is 23.7 Å². The second-order valence-electron chi connectivity index (χ2n) is 6.00. The Hall–Kier alpha value is -1.51. The molecule has 0 heterocycles. The van der Waals surface area contributed by atoms with Crippen LogP contribution in [0.2, 0.25) is 0 Å². The standard InChI is InChI=1S/C15H24N2O/c1-10(15(3,4)5)9-17-14(18)12-7-6-8-13(16)11(12)2/h6-8,10H,9,16H2,1-5H3,(H,17,18). The fraction of sp³-hybridized carbons (Fsp3) is 0.533. The van der Waals surface area contributed by atoms with E-state index in [1.165, 1.54) is 0 Å². The summed E-state index contributed by atoms with van der Waals surface area (Å²) in [6, 6.07) is 5.43. The van der Waals surface area contributed by atoms with Crippen LogP contribution in [-0.2, 0) is 0 Å². The molecule has 0 bridgehead atoms. The van der Waals surface area contributed by atoms with Crippen LogP contribution in [0.15, 0.2) is 18.2 Å². The van der Waals surface area contributed by atoms with Gasteiger partial charge in [-0.3, -0.25) is 4.79 Å². The fourth-order valence-corrected chi connectivity index (χ4v) is 1.55. The van der Waals surface area contributed by atoms with Gasteiger partial charge < -0.3 is 11.1 Å². The summed E-state index contributed by atoms with van der Waals surface area (Å²) in [5, 5.41) is 2.98. The number of carbonyl (C=O) groups excluding carboxylic acids is 1. The Morgan fingerprint density at radius 2 is 2.00 bits per heavy atom. The third-order valence-corrected chi connectivity index (χ3v) is 3.67. The average Bonchev–Trinajstić information content (AvgIpc) is 2.27. The van der Waals surface area contributed by atoms with Crippen molar-refractivity contribution < 1.29 is 4.79 Å². The third-order valence-electron chi connectivity index (χ3n) is 3.67. The van der Waals surface area contributed by atoms with Crippen molar-refractivity contribution in [1.82, 2.24) is 5.32 Å². The van der Waals surface area contributed by atoms with Crippen LogP contribution in [0.5, 0.6) is 0 Å². The van der Waals surface area contributed by atoms with E-state index in [-0.39, 0.29) is 11.3 Å². The van der Waals surface area contributed by atoms with E-state index in [9.17, 15) is 4.79 Å². The second kappa shape index (κ2) is 5.42. The quantitative estimate of drug-likeness (QED) is 0.808. The molecule has 1 atom stereocenters. The molecule has 0 fully saturated rings. The summed E-state index contributed by atoms with van der Waals surface area (Å²) in [6.07, 6.45) is 0. The molecule has 3 N–H and O–H groups in total. The van der Waals surface area contributed by atoms with Crippen LogP contribution in [0.25, 0.3) is 0 Å². The van der Waals surface area contributed by atoms with E-state index in [2.05, 4.69) is 33.0 Å². The van der Waals surface area contributed by atoms with E-state index in [4.69, 9.17) is 5.73 Å². The number of carbonyl (C=O) groups is 1. The van der Waals surface area contributed by atoms with Crippen molar-refractivity contribution in [3.8, 4) is 0 Å². The number of nitrogens with two attached hydrogens (primary N) is 1. The maximum absolute atomic E-state index is 12.1. The van der Waals surface area contributed by atoms with Crippen molar-refractivity contribution in [2.75, 3.05) is 12.3 Å². The van der Waals surface area contributed by atoms with Gasteiger partial charge in [0.15, 0.2) is 0 Å². The van der Waals surface area contributed by atoms with E-state index < -0.39 is 0 Å². The molecule has 0 aliphatic carbocycles. The van der Waals surface area contributed by atoms with Crippen molar-refractivity contribution >= 4 is 11.6 Å². The summed E-state index contributed by atoms with van der Waals surface area (Å²) in [5.41, 5.74) is 8.16. The first-order valence-electron chi connectivity index (χ1n) is 6.36. The molecule has 100 valence electrons. The predicted octanol–water partition coefficient (Wildman–Crippen LogP) is 2.99. The molecular formula is C15H24N2O. The topological polar surface area (TPSA) is 55.1 Å². The zero-order chi connectivity index (χ0) is 13.9. The largest absolute Gasteiger partial charge is 0.398 e. The summed E-state index contributed by atoms with van der Waals surface area (Å²) in [6.45, 7) is 11.2. The van der Waals surface area contributed by atoms with Gasteiger partial charge in [0, 0.05) is 17.8 Å². The lowest BCUT2D eigenvalue weighted by Crippen LogP contribution is -2.34. The summed E-state index contributed by atoms with van der Waals surface area (Å²) in [5.74, 6) is 0.374. The molecule has 1 aromatic carbocycles. The SMILES string of the molecule is Cc1c(N)cccc1C(=O)NCC(C)C(C)(C)C. The van der Waals surface area contributed by atoms with E-state index >= 15 is 0 Å². The second-order valence-corrected chi connectivity index (χ2v) is 6.00. The predicted molar refractivity (Wildman–Crippen MR) is 76.5 cm³/mol. The van der Waals surface area contributed by atoms with Gasteiger partial charge >= 0.3 is 0 Å². The van der Waals surface area contributed by atoms with Gasteiger partial charge in [-0.05, 0) is 36.0 Å². The molecule has 0 aliphatic rings. The molecule has 1 unspecified atom stereocenters. The minimum atomic E-state index is -0.0455. The Bertz CT molecular complexity index is 433. The Labute approximate surface area is 110 Å². The minimum Gasteiger partial charge on any atom is -0.398 e. The Morgan fingerprint density at radius 1 is 1.39 bits per heavy atom. The monoisotopic (exact) mass is 248 g/mol. The number of hydrogen-bond donors (Lipinski definition) is 2. The van der Waals surface area contributed by atoms with Gasteiger partial charge in [0.2, 0.25) is 0 Å². The molecule has 0 aromatic heterocycles. The highest BCUT2D eigenvalue weighted by molar-refractivity contribution is 5.96. The molecule has 1 rings (SSSR count). The van der Waals surface area contributed by atoms with Gasteiger partial charge in [0.05, 0.1) is 0 Å². The van der Waals surface area contributed by atoms with Crippen LogP contribution >= 0.6 is 0 Å².